The lowest BCUT2D eigenvalue weighted by Gasteiger charge is -2.44. The van der Waals surface area contributed by atoms with Crippen LogP contribution in [0.4, 0.5) is 0 Å². The summed E-state index contributed by atoms with van der Waals surface area (Å²) in [7, 11) is 0. The number of ether oxygens (including phenoxy) is 2. The van der Waals surface area contributed by atoms with E-state index in [4.69, 9.17) is 14.6 Å². The van der Waals surface area contributed by atoms with Crippen LogP contribution in [0.5, 0.6) is 0 Å². The number of rotatable bonds is 14. The number of aliphatic carboxylic acids is 1. The first-order valence-electron chi connectivity index (χ1n) is 18.0. The van der Waals surface area contributed by atoms with E-state index < -0.39 is 12.3 Å². The number of benzene rings is 4. The third-order valence-corrected chi connectivity index (χ3v) is 10.0. The van der Waals surface area contributed by atoms with Crippen molar-refractivity contribution in [2.45, 2.75) is 64.4 Å². The molecule has 3 N–H and O–H groups in total. The van der Waals surface area contributed by atoms with Gasteiger partial charge in [0, 0.05) is 70.1 Å². The quantitative estimate of drug-likeness (QED) is 0.141. The van der Waals surface area contributed by atoms with Crippen molar-refractivity contribution in [1.82, 2.24) is 15.1 Å². The third kappa shape index (κ3) is 10.1. The molecule has 1 amide bonds. The molecule has 2 aliphatic rings. The fraction of sp³-hybridized carbons (Fsp3) is 0.381. The lowest BCUT2D eigenvalue weighted by molar-refractivity contribution is -0.276. The Kier molecular flexibility index (Phi) is 12.6. The van der Waals surface area contributed by atoms with Gasteiger partial charge in [0.1, 0.15) is 0 Å². The van der Waals surface area contributed by atoms with Crippen molar-refractivity contribution in [2.75, 3.05) is 32.7 Å². The minimum atomic E-state index is -0.894. The molecule has 2 heterocycles. The van der Waals surface area contributed by atoms with E-state index in [1.54, 1.807) is 0 Å². The molecule has 268 valence electrons. The topological polar surface area (TPSA) is 112 Å². The van der Waals surface area contributed by atoms with Gasteiger partial charge in [-0.2, -0.15) is 0 Å². The lowest BCUT2D eigenvalue weighted by atomic mass is 9.89. The number of piperazine rings is 1. The summed E-state index contributed by atoms with van der Waals surface area (Å²) in [5, 5.41) is 21.3. The highest BCUT2D eigenvalue weighted by Crippen LogP contribution is 2.42. The van der Waals surface area contributed by atoms with Crippen LogP contribution in [0.2, 0.25) is 0 Å². The maximum absolute atomic E-state index is 12.2. The van der Waals surface area contributed by atoms with E-state index in [2.05, 4.69) is 94.8 Å². The van der Waals surface area contributed by atoms with Crippen LogP contribution in [0, 0.1) is 5.92 Å². The van der Waals surface area contributed by atoms with Gasteiger partial charge in [-0.15, -0.1) is 0 Å². The highest BCUT2D eigenvalue weighted by atomic mass is 16.7. The van der Waals surface area contributed by atoms with Gasteiger partial charge in [-0.25, -0.2) is 0 Å². The Morgan fingerprint density at radius 2 is 1.43 bits per heavy atom. The highest BCUT2D eigenvalue weighted by molar-refractivity contribution is 5.76. The Morgan fingerprint density at radius 1 is 0.745 bits per heavy atom. The van der Waals surface area contributed by atoms with E-state index in [-0.39, 0.29) is 43.5 Å². The van der Waals surface area contributed by atoms with Crippen LogP contribution in [0.15, 0.2) is 103 Å². The number of aliphatic hydroxyl groups is 1. The second-order valence-corrected chi connectivity index (χ2v) is 13.7. The first kappa shape index (κ1) is 36.4. The zero-order chi connectivity index (χ0) is 35.6. The molecule has 0 spiro atoms. The molecule has 51 heavy (non-hydrogen) atoms. The number of aliphatic hydroxyl groups excluding tert-OH is 1. The highest BCUT2D eigenvalue weighted by Gasteiger charge is 2.39. The lowest BCUT2D eigenvalue weighted by Crippen LogP contribution is -2.51. The molecule has 4 aromatic rings. The number of nitrogens with one attached hydrogen (secondary N) is 1. The zero-order valence-corrected chi connectivity index (χ0v) is 29.3. The Labute approximate surface area is 300 Å². The van der Waals surface area contributed by atoms with Crippen LogP contribution < -0.4 is 5.32 Å². The molecule has 0 saturated carbocycles. The van der Waals surface area contributed by atoms with E-state index in [0.29, 0.717) is 13.0 Å². The van der Waals surface area contributed by atoms with E-state index in [1.807, 2.05) is 30.3 Å². The summed E-state index contributed by atoms with van der Waals surface area (Å²) in [6.07, 6.45) is -0.242. The molecular weight excluding hydrogens is 642 g/mol. The van der Waals surface area contributed by atoms with E-state index >= 15 is 0 Å². The number of carboxylic acids is 1. The summed E-state index contributed by atoms with van der Waals surface area (Å²) >= 11 is 0. The number of hydrogen-bond donors (Lipinski definition) is 3. The molecule has 4 atom stereocenters. The minimum absolute atomic E-state index is 0.00442. The summed E-state index contributed by atoms with van der Waals surface area (Å²) in [6.45, 7) is 8.41. The molecule has 6 rings (SSSR count). The molecule has 9 heteroatoms. The van der Waals surface area contributed by atoms with Crippen molar-refractivity contribution in [3.8, 4) is 11.1 Å². The summed E-state index contributed by atoms with van der Waals surface area (Å²) in [6, 6.07) is 35.0. The Balaban J connectivity index is 1.12. The molecule has 0 bridgehead atoms. The van der Waals surface area contributed by atoms with Gasteiger partial charge in [-0.3, -0.25) is 19.4 Å². The predicted octanol–water partition coefficient (Wildman–Crippen LogP) is 6.33. The number of nitrogens with zero attached hydrogens (tertiary/aromatic N) is 2. The first-order valence-corrected chi connectivity index (χ1v) is 18.0. The van der Waals surface area contributed by atoms with E-state index in [9.17, 15) is 14.7 Å². The fourth-order valence-electron chi connectivity index (χ4n) is 6.94. The van der Waals surface area contributed by atoms with Gasteiger partial charge in [0.25, 0.3) is 0 Å². The second kappa shape index (κ2) is 17.7. The van der Waals surface area contributed by atoms with Crippen molar-refractivity contribution < 1.29 is 29.3 Å². The van der Waals surface area contributed by atoms with Gasteiger partial charge in [0.05, 0.1) is 18.8 Å². The smallest absolute Gasteiger partial charge is 0.303 e. The predicted molar refractivity (Wildman–Crippen MR) is 196 cm³/mol. The molecular formula is C42H49N3O6. The van der Waals surface area contributed by atoms with Crippen LogP contribution in [0.25, 0.3) is 11.1 Å². The molecule has 0 unspecified atom stereocenters. The molecule has 0 aromatic heterocycles. The SMILES string of the molecule is C[C@@H]1[C@H](CN2CCN(Cc3ccccc3)CC2)O[C@H](c2ccc(-c3cccc(CNC(=O)CCCC(=O)O)c3)cc2)O[C@@H]1c1ccc(CO)cc1. The molecule has 2 fully saturated rings. The van der Waals surface area contributed by atoms with Gasteiger partial charge in [-0.1, -0.05) is 104 Å². The van der Waals surface area contributed by atoms with Gasteiger partial charge in [0.15, 0.2) is 6.29 Å². The third-order valence-electron chi connectivity index (χ3n) is 10.0. The van der Waals surface area contributed by atoms with Crippen LogP contribution in [-0.2, 0) is 38.8 Å². The molecule has 9 nitrogen and oxygen atoms in total. The Morgan fingerprint density at radius 3 is 2.14 bits per heavy atom. The molecule has 2 aliphatic heterocycles. The van der Waals surface area contributed by atoms with Gasteiger partial charge >= 0.3 is 5.97 Å². The zero-order valence-electron chi connectivity index (χ0n) is 29.3. The van der Waals surface area contributed by atoms with Gasteiger partial charge < -0.3 is 25.0 Å². The largest absolute Gasteiger partial charge is 0.481 e. The number of carboxylic acid groups (broad SMARTS) is 1. The average Bonchev–Trinajstić information content (AvgIpc) is 3.16. The van der Waals surface area contributed by atoms with Crippen LogP contribution in [0.3, 0.4) is 0 Å². The summed E-state index contributed by atoms with van der Waals surface area (Å²) in [5.74, 6) is -0.933. The maximum Gasteiger partial charge on any atom is 0.303 e. The Bertz CT molecular complexity index is 1710. The van der Waals surface area contributed by atoms with E-state index in [0.717, 1.165) is 72.6 Å². The van der Waals surface area contributed by atoms with Gasteiger partial charge in [-0.05, 0) is 45.9 Å². The van der Waals surface area contributed by atoms with Crippen molar-refractivity contribution in [1.29, 1.82) is 0 Å². The van der Waals surface area contributed by atoms with Crippen LogP contribution in [0.1, 0.15) is 66.4 Å². The number of carbonyl (C=O) groups excluding carboxylic acids is 1. The maximum atomic E-state index is 12.2. The monoisotopic (exact) mass is 691 g/mol. The second-order valence-electron chi connectivity index (χ2n) is 13.7. The molecule has 0 radical (unpaired) electrons. The standard InChI is InChI=1S/C42H49N3O6/c1-30-38(28-45-23-21-44(22-24-45)27-31-7-3-2-4-8-31)50-42(51-41(30)35-15-13-32(29-46)14-16-35)36-19-17-34(18-20-36)37-10-5-9-33(25-37)26-43-39(47)11-6-12-40(48)49/h2-5,7-10,13-20,25,30,38,41-42,46H,6,11-12,21-24,26-29H2,1H3,(H,43,47)(H,48,49)/t30-,38+,41+,42+/m1/s1. The summed E-state index contributed by atoms with van der Waals surface area (Å²) in [4.78, 5) is 27.9. The molecule has 4 aromatic carbocycles. The van der Waals surface area contributed by atoms with Crippen molar-refractivity contribution in [2.24, 2.45) is 5.92 Å². The summed E-state index contributed by atoms with van der Waals surface area (Å²) < 4.78 is 13.5. The van der Waals surface area contributed by atoms with Gasteiger partial charge in [0.2, 0.25) is 5.91 Å². The number of amides is 1. The van der Waals surface area contributed by atoms with Crippen LogP contribution in [-0.4, -0.2) is 70.7 Å². The van der Waals surface area contributed by atoms with Crippen molar-refractivity contribution in [3.63, 3.8) is 0 Å². The number of hydrogen-bond acceptors (Lipinski definition) is 7. The normalized spacial score (nSPS) is 21.3. The van der Waals surface area contributed by atoms with Crippen molar-refractivity contribution in [3.05, 3.63) is 131 Å². The fourth-order valence-corrected chi connectivity index (χ4v) is 6.94. The minimum Gasteiger partial charge on any atom is -0.481 e. The Hall–Kier alpha value is -4.38. The van der Waals surface area contributed by atoms with Crippen LogP contribution >= 0.6 is 0 Å². The van der Waals surface area contributed by atoms with E-state index in [1.165, 1.54) is 5.56 Å². The first-order chi connectivity index (χ1) is 24.8. The molecule has 2 saturated heterocycles. The summed E-state index contributed by atoms with van der Waals surface area (Å²) in [5.41, 5.74) is 7.29. The average molecular weight is 692 g/mol. The molecule has 0 aliphatic carbocycles. The number of carbonyl (C=O) groups is 2. The van der Waals surface area contributed by atoms with Crippen molar-refractivity contribution >= 4 is 11.9 Å².